The zero-order valence-electron chi connectivity index (χ0n) is 6.53. The summed E-state index contributed by atoms with van der Waals surface area (Å²) in [5.41, 5.74) is -0.609. The summed E-state index contributed by atoms with van der Waals surface area (Å²) in [4.78, 5) is -0.0665. The van der Waals surface area contributed by atoms with Crippen LogP contribution < -0.4 is 0 Å². The molecular weight excluding hydrogens is 284 g/mol. The highest BCUT2D eigenvalue weighted by Gasteiger charge is 2.64. The summed E-state index contributed by atoms with van der Waals surface area (Å²) in [7, 11) is 0. The van der Waals surface area contributed by atoms with E-state index < -0.39 is 16.7 Å². The summed E-state index contributed by atoms with van der Waals surface area (Å²) in [6.07, 6.45) is 0. The highest BCUT2D eigenvalue weighted by atomic mass is 79.9. The Kier molecular flexibility index (Phi) is 2.12. The number of hydrogen-bond acceptors (Lipinski definition) is 1. The Labute approximate surface area is 89.8 Å². The van der Waals surface area contributed by atoms with Crippen molar-refractivity contribution in [3.8, 4) is 0 Å². The van der Waals surface area contributed by atoms with Crippen molar-refractivity contribution in [1.29, 1.82) is 0 Å². The second-order valence-electron chi connectivity index (χ2n) is 2.83. The van der Waals surface area contributed by atoms with Gasteiger partial charge in [-0.05, 0) is 30.0 Å². The van der Waals surface area contributed by atoms with Gasteiger partial charge in [-0.1, -0.05) is 15.9 Å². The predicted molar refractivity (Wildman–Crippen MR) is 48.8 cm³/mol. The first kappa shape index (κ1) is 10.3. The van der Waals surface area contributed by atoms with Gasteiger partial charge in [-0.3, -0.25) is 0 Å². The number of thioether (sulfide) groups is 1. The van der Waals surface area contributed by atoms with E-state index >= 15 is 0 Å². The predicted octanol–water partition coefficient (Wildman–Crippen LogP) is 4.24. The first-order valence-electron chi connectivity index (χ1n) is 3.59. The van der Waals surface area contributed by atoms with Gasteiger partial charge in [0, 0.05) is 14.9 Å². The van der Waals surface area contributed by atoms with E-state index in [9.17, 15) is 17.6 Å². The molecule has 0 saturated heterocycles. The lowest BCUT2D eigenvalue weighted by Crippen LogP contribution is -2.29. The highest BCUT2D eigenvalue weighted by Crippen LogP contribution is 2.60. The molecular formula is C8H3BrF4S. The number of halogens is 5. The van der Waals surface area contributed by atoms with Crippen LogP contribution in [0.3, 0.4) is 0 Å². The Morgan fingerprint density at radius 2 is 1.79 bits per heavy atom. The van der Waals surface area contributed by atoms with Gasteiger partial charge in [0.2, 0.25) is 0 Å². The monoisotopic (exact) mass is 286 g/mol. The smallest absolute Gasteiger partial charge is 0.193 e. The molecule has 1 aromatic carbocycles. The molecule has 0 spiro atoms. The van der Waals surface area contributed by atoms with Crippen molar-refractivity contribution in [3.63, 3.8) is 0 Å². The summed E-state index contributed by atoms with van der Waals surface area (Å²) < 4.78 is 52.3. The maximum Gasteiger partial charge on any atom is 0.364 e. The minimum absolute atomic E-state index is 0.0665. The molecule has 1 aromatic rings. The first-order valence-corrected chi connectivity index (χ1v) is 5.20. The van der Waals surface area contributed by atoms with E-state index in [1.54, 1.807) is 0 Å². The Bertz CT molecular complexity index is 391. The Morgan fingerprint density at radius 1 is 1.14 bits per heavy atom. The zero-order valence-corrected chi connectivity index (χ0v) is 8.93. The lowest BCUT2D eigenvalue weighted by atomic mass is 10.1. The van der Waals surface area contributed by atoms with Gasteiger partial charge in [0.25, 0.3) is 0 Å². The Balaban J connectivity index is 2.62. The standard InChI is InChI=1S/C8H3BrF4S/c9-4-1-2-6-5(3-4)7(10,11)8(12,13)14-6/h1-3H. The normalized spacial score (nSPS) is 22.1. The van der Waals surface area contributed by atoms with Crippen LogP contribution in [0.25, 0.3) is 0 Å². The summed E-state index contributed by atoms with van der Waals surface area (Å²) in [5, 5.41) is -4.05. The molecule has 0 atom stereocenters. The lowest BCUT2D eigenvalue weighted by Gasteiger charge is -2.17. The van der Waals surface area contributed by atoms with Crippen molar-refractivity contribution in [2.24, 2.45) is 0 Å². The van der Waals surface area contributed by atoms with Crippen LogP contribution in [0.2, 0.25) is 0 Å². The molecule has 2 rings (SSSR count). The van der Waals surface area contributed by atoms with Crippen molar-refractivity contribution in [1.82, 2.24) is 0 Å². The fourth-order valence-corrected chi connectivity index (χ4v) is 2.50. The van der Waals surface area contributed by atoms with Gasteiger partial charge in [0.1, 0.15) is 0 Å². The number of benzene rings is 1. The van der Waals surface area contributed by atoms with Crippen molar-refractivity contribution in [2.45, 2.75) is 16.1 Å². The third kappa shape index (κ3) is 1.27. The van der Waals surface area contributed by atoms with Crippen LogP contribution in [0, 0.1) is 0 Å². The molecule has 76 valence electrons. The molecule has 0 amide bonds. The Hall–Kier alpha value is -0.230. The summed E-state index contributed by atoms with van der Waals surface area (Å²) in [6.45, 7) is 0. The number of hydrogen-bond donors (Lipinski definition) is 0. The molecule has 1 aliphatic rings. The molecule has 1 aliphatic heterocycles. The van der Waals surface area contributed by atoms with Crippen molar-refractivity contribution >= 4 is 27.7 Å². The van der Waals surface area contributed by atoms with Gasteiger partial charge in [-0.15, -0.1) is 0 Å². The van der Waals surface area contributed by atoms with E-state index in [1.807, 2.05) is 0 Å². The maximum atomic E-state index is 13.1. The van der Waals surface area contributed by atoms with Crippen molar-refractivity contribution in [3.05, 3.63) is 28.2 Å². The second kappa shape index (κ2) is 2.88. The van der Waals surface area contributed by atoms with Gasteiger partial charge in [-0.25, -0.2) is 0 Å². The van der Waals surface area contributed by atoms with E-state index in [0.29, 0.717) is 4.47 Å². The van der Waals surface area contributed by atoms with E-state index in [2.05, 4.69) is 15.9 Å². The molecule has 0 unspecified atom stereocenters. The quantitative estimate of drug-likeness (QED) is 0.643. The van der Waals surface area contributed by atoms with Gasteiger partial charge < -0.3 is 0 Å². The molecule has 14 heavy (non-hydrogen) atoms. The maximum absolute atomic E-state index is 13.1. The molecule has 0 fully saturated rings. The van der Waals surface area contributed by atoms with Crippen LogP contribution >= 0.6 is 27.7 Å². The molecule has 0 aliphatic carbocycles. The second-order valence-corrected chi connectivity index (χ2v) is 4.91. The van der Waals surface area contributed by atoms with Gasteiger partial charge >= 0.3 is 11.2 Å². The van der Waals surface area contributed by atoms with E-state index in [1.165, 1.54) is 12.1 Å². The molecule has 6 heteroatoms. The first-order chi connectivity index (χ1) is 6.34. The third-order valence-corrected chi connectivity index (χ3v) is 3.47. The third-order valence-electron chi connectivity index (χ3n) is 1.88. The summed E-state index contributed by atoms with van der Waals surface area (Å²) >= 11 is 2.87. The fourth-order valence-electron chi connectivity index (χ4n) is 1.20. The molecule has 0 bridgehead atoms. The van der Waals surface area contributed by atoms with Crippen LogP contribution in [0.5, 0.6) is 0 Å². The van der Waals surface area contributed by atoms with Crippen molar-refractivity contribution < 1.29 is 17.6 Å². The van der Waals surface area contributed by atoms with E-state index in [-0.39, 0.29) is 16.7 Å². The van der Waals surface area contributed by atoms with Gasteiger partial charge in [-0.2, -0.15) is 17.6 Å². The number of rotatable bonds is 0. The van der Waals surface area contributed by atoms with E-state index in [4.69, 9.17) is 0 Å². The summed E-state index contributed by atoms with van der Waals surface area (Å²) in [6, 6.07) is 3.76. The topological polar surface area (TPSA) is 0 Å². The van der Waals surface area contributed by atoms with Crippen LogP contribution in [0.4, 0.5) is 17.6 Å². The molecule has 1 heterocycles. The molecule has 0 nitrogen and oxygen atoms in total. The van der Waals surface area contributed by atoms with Crippen molar-refractivity contribution in [2.75, 3.05) is 0 Å². The number of alkyl halides is 4. The van der Waals surface area contributed by atoms with Crippen LogP contribution in [-0.4, -0.2) is 5.25 Å². The fraction of sp³-hybridized carbons (Fsp3) is 0.250. The van der Waals surface area contributed by atoms with E-state index in [0.717, 1.165) is 6.07 Å². The minimum Gasteiger partial charge on any atom is -0.193 e. The lowest BCUT2D eigenvalue weighted by molar-refractivity contribution is -0.154. The molecule has 0 N–H and O–H groups in total. The van der Waals surface area contributed by atoms with Gasteiger partial charge in [0.15, 0.2) is 0 Å². The Morgan fingerprint density at radius 3 is 2.43 bits per heavy atom. The zero-order chi connectivity index (χ0) is 10.6. The average Bonchev–Trinajstić information content (AvgIpc) is 2.22. The minimum atomic E-state index is -4.09. The largest absolute Gasteiger partial charge is 0.364 e. The van der Waals surface area contributed by atoms with Crippen LogP contribution in [0.1, 0.15) is 5.56 Å². The highest BCUT2D eigenvalue weighted by molar-refractivity contribution is 9.10. The van der Waals surface area contributed by atoms with Gasteiger partial charge in [0.05, 0.1) is 0 Å². The molecule has 0 aromatic heterocycles. The summed E-state index contributed by atoms with van der Waals surface area (Å²) in [5.74, 6) is -4.09. The SMILES string of the molecule is FC1(F)Sc2ccc(Br)cc2C1(F)F. The van der Waals surface area contributed by atoms with Crippen LogP contribution in [0.15, 0.2) is 27.6 Å². The van der Waals surface area contributed by atoms with Crippen LogP contribution in [-0.2, 0) is 5.92 Å². The number of fused-ring (bicyclic) bond motifs is 1. The molecule has 0 radical (unpaired) electrons. The molecule has 0 saturated carbocycles. The average molecular weight is 287 g/mol.